The zero-order chi connectivity index (χ0) is 22.8. The molecule has 0 bridgehead atoms. The van der Waals surface area contributed by atoms with Gasteiger partial charge in [0.05, 0.1) is 19.1 Å². The Kier molecular flexibility index (Phi) is 6.56. The Bertz CT molecular complexity index is 1130. The maximum absolute atomic E-state index is 13.1. The summed E-state index contributed by atoms with van der Waals surface area (Å²) in [6, 6.07) is 20.3. The van der Waals surface area contributed by atoms with Crippen LogP contribution >= 0.6 is 15.9 Å². The van der Waals surface area contributed by atoms with E-state index < -0.39 is 0 Å². The molecule has 32 heavy (non-hydrogen) atoms. The molecule has 3 aromatic rings. The van der Waals surface area contributed by atoms with E-state index in [1.165, 1.54) is 0 Å². The van der Waals surface area contributed by atoms with Crippen LogP contribution < -0.4 is 14.4 Å². The topological polar surface area (TPSA) is 38.8 Å². The summed E-state index contributed by atoms with van der Waals surface area (Å²) in [5.74, 6) is 1.64. The first-order valence-corrected chi connectivity index (χ1v) is 11.9. The molecule has 0 radical (unpaired) electrons. The number of rotatable bonds is 7. The Morgan fingerprint density at radius 1 is 0.938 bits per heavy atom. The van der Waals surface area contributed by atoms with Crippen LogP contribution in [0.4, 0.5) is 5.69 Å². The molecule has 0 spiro atoms. The minimum Gasteiger partial charge on any atom is -0.496 e. The van der Waals surface area contributed by atoms with E-state index in [2.05, 4.69) is 52.3 Å². The van der Waals surface area contributed by atoms with Crippen LogP contribution in [-0.4, -0.2) is 18.3 Å². The Balaban J connectivity index is 1.66. The number of halogens is 1. The molecule has 1 saturated heterocycles. The average Bonchev–Trinajstić information content (AvgIpc) is 2.80. The largest absolute Gasteiger partial charge is 0.496 e. The second-order valence-corrected chi connectivity index (χ2v) is 8.95. The Hall–Kier alpha value is -2.79. The molecular formula is C27H28BrNO3. The zero-order valence-electron chi connectivity index (χ0n) is 18.9. The molecule has 1 fully saturated rings. The van der Waals surface area contributed by atoms with Crippen LogP contribution in [0, 0.1) is 26.7 Å². The van der Waals surface area contributed by atoms with Gasteiger partial charge >= 0.3 is 0 Å². The lowest BCUT2D eigenvalue weighted by Gasteiger charge is -2.47. The van der Waals surface area contributed by atoms with E-state index in [0.717, 1.165) is 45.0 Å². The molecule has 4 rings (SSSR count). The van der Waals surface area contributed by atoms with Crippen LogP contribution in [0.25, 0.3) is 0 Å². The third kappa shape index (κ3) is 4.14. The molecule has 1 aliphatic heterocycles. The smallest absolute Gasteiger partial charge is 0.233 e. The summed E-state index contributed by atoms with van der Waals surface area (Å²) in [5, 5.41) is 0.614. The quantitative estimate of drug-likeness (QED) is 0.286. The number of aryl methyl sites for hydroxylation is 2. The molecule has 1 aliphatic rings. The molecule has 1 heterocycles. The highest BCUT2D eigenvalue weighted by atomic mass is 79.9. The lowest BCUT2D eigenvalue weighted by molar-refractivity contribution is -0.129. The number of hydrogen-bond acceptors (Lipinski definition) is 3. The first kappa shape index (κ1) is 22.4. The van der Waals surface area contributed by atoms with Crippen molar-refractivity contribution in [2.75, 3.05) is 17.3 Å². The van der Waals surface area contributed by atoms with Crippen molar-refractivity contribution >= 4 is 27.5 Å². The second kappa shape index (κ2) is 9.37. The van der Waals surface area contributed by atoms with Crippen molar-refractivity contribution in [3.05, 3.63) is 88.5 Å². The predicted octanol–water partition coefficient (Wildman–Crippen LogP) is 6.30. The van der Waals surface area contributed by atoms with Crippen LogP contribution in [0.3, 0.4) is 0 Å². The fourth-order valence-electron chi connectivity index (χ4n) is 4.22. The molecule has 0 saturated carbocycles. The third-order valence-corrected chi connectivity index (χ3v) is 6.97. The number of hydrogen-bond donors (Lipinski definition) is 0. The summed E-state index contributed by atoms with van der Waals surface area (Å²) in [6.45, 7) is 6.63. The van der Waals surface area contributed by atoms with E-state index in [1.54, 1.807) is 7.11 Å². The molecule has 1 unspecified atom stereocenters. The van der Waals surface area contributed by atoms with E-state index >= 15 is 0 Å². The monoisotopic (exact) mass is 493 g/mol. The van der Waals surface area contributed by atoms with Gasteiger partial charge in [-0.3, -0.25) is 4.79 Å². The van der Waals surface area contributed by atoms with Crippen LogP contribution in [0.2, 0.25) is 0 Å². The van der Waals surface area contributed by atoms with Crippen molar-refractivity contribution in [3.8, 4) is 11.5 Å². The number of carbonyl (C=O) groups excluding carboxylic acids is 1. The van der Waals surface area contributed by atoms with E-state index in [9.17, 15) is 4.79 Å². The van der Waals surface area contributed by atoms with E-state index in [0.29, 0.717) is 11.9 Å². The lowest BCUT2D eigenvalue weighted by atomic mass is 9.82. The molecule has 0 aliphatic carbocycles. The number of amides is 1. The minimum absolute atomic E-state index is 0.0617. The van der Waals surface area contributed by atoms with Crippen molar-refractivity contribution in [2.24, 2.45) is 5.92 Å². The second-order valence-electron chi connectivity index (χ2n) is 8.30. The number of methoxy groups -OCH3 is 1. The van der Waals surface area contributed by atoms with Gasteiger partial charge in [0.1, 0.15) is 18.1 Å². The molecule has 0 aromatic heterocycles. The number of alkyl halides is 1. The van der Waals surface area contributed by atoms with Crippen molar-refractivity contribution < 1.29 is 14.3 Å². The highest BCUT2D eigenvalue weighted by Crippen LogP contribution is 2.46. The molecule has 4 nitrogen and oxygen atoms in total. The van der Waals surface area contributed by atoms with Gasteiger partial charge < -0.3 is 14.4 Å². The SMILES string of the molecule is COc1cc(N2C(=O)[C@H](CBr)C2c2ccc(C)c(OCc3ccccc3)c2)cc(C)c1C. The molecule has 2 atom stereocenters. The minimum atomic E-state index is -0.118. The van der Waals surface area contributed by atoms with E-state index in [4.69, 9.17) is 9.47 Å². The van der Waals surface area contributed by atoms with Gasteiger partial charge in [0, 0.05) is 17.1 Å². The van der Waals surface area contributed by atoms with Crippen molar-refractivity contribution in [1.82, 2.24) is 0 Å². The Morgan fingerprint density at radius 3 is 2.38 bits per heavy atom. The van der Waals surface area contributed by atoms with Gasteiger partial charge in [-0.2, -0.15) is 0 Å². The van der Waals surface area contributed by atoms with Gasteiger partial charge in [-0.1, -0.05) is 58.4 Å². The van der Waals surface area contributed by atoms with Crippen LogP contribution in [0.15, 0.2) is 60.7 Å². The summed E-state index contributed by atoms with van der Waals surface area (Å²) in [4.78, 5) is 14.9. The van der Waals surface area contributed by atoms with E-state index in [1.807, 2.05) is 49.9 Å². The summed E-state index contributed by atoms with van der Waals surface area (Å²) in [5.41, 5.74) is 6.32. The molecule has 166 valence electrons. The fraction of sp³-hybridized carbons (Fsp3) is 0.296. The van der Waals surface area contributed by atoms with Gasteiger partial charge in [-0.05, 0) is 60.7 Å². The number of nitrogens with zero attached hydrogens (tertiary/aromatic N) is 1. The number of benzene rings is 3. The van der Waals surface area contributed by atoms with Crippen LogP contribution in [0.1, 0.15) is 33.9 Å². The fourth-order valence-corrected chi connectivity index (χ4v) is 4.85. The lowest BCUT2D eigenvalue weighted by Crippen LogP contribution is -2.56. The predicted molar refractivity (Wildman–Crippen MR) is 132 cm³/mol. The first-order chi connectivity index (χ1) is 15.4. The summed E-state index contributed by atoms with van der Waals surface area (Å²) in [6.07, 6.45) is 0. The van der Waals surface area contributed by atoms with Crippen LogP contribution in [0.5, 0.6) is 11.5 Å². The summed E-state index contributed by atoms with van der Waals surface area (Å²) < 4.78 is 11.7. The van der Waals surface area contributed by atoms with Gasteiger partial charge in [-0.15, -0.1) is 0 Å². The number of carbonyl (C=O) groups is 1. The van der Waals surface area contributed by atoms with Crippen molar-refractivity contribution in [3.63, 3.8) is 0 Å². The maximum atomic E-state index is 13.1. The highest BCUT2D eigenvalue weighted by Gasteiger charge is 2.48. The molecule has 5 heteroatoms. The number of anilines is 1. The zero-order valence-corrected chi connectivity index (χ0v) is 20.5. The summed E-state index contributed by atoms with van der Waals surface area (Å²) in [7, 11) is 1.67. The Morgan fingerprint density at radius 2 is 1.69 bits per heavy atom. The third-order valence-electron chi connectivity index (χ3n) is 6.27. The van der Waals surface area contributed by atoms with Crippen LogP contribution in [-0.2, 0) is 11.4 Å². The standard InChI is InChI=1S/C27H28BrNO3/c1-17-10-11-21(13-24(17)32-16-20-8-6-5-7-9-20)26-23(15-28)27(30)29(26)22-12-18(2)19(3)25(14-22)31-4/h5-14,23,26H,15-16H2,1-4H3/t23-,26?/m1/s1. The normalized spacial score (nSPS) is 17.8. The number of β-lactam (4-membered cyclic amide) rings is 1. The molecule has 1 amide bonds. The van der Waals surface area contributed by atoms with Gasteiger partial charge in [0.25, 0.3) is 0 Å². The molecular weight excluding hydrogens is 466 g/mol. The molecule has 0 N–H and O–H groups in total. The number of ether oxygens (including phenoxy) is 2. The van der Waals surface area contributed by atoms with Crippen molar-refractivity contribution in [2.45, 2.75) is 33.4 Å². The van der Waals surface area contributed by atoms with Gasteiger partial charge in [0.15, 0.2) is 0 Å². The highest BCUT2D eigenvalue weighted by molar-refractivity contribution is 9.09. The Labute approximate surface area is 198 Å². The first-order valence-electron chi connectivity index (χ1n) is 10.8. The maximum Gasteiger partial charge on any atom is 0.233 e. The van der Waals surface area contributed by atoms with Crippen molar-refractivity contribution in [1.29, 1.82) is 0 Å². The molecule has 3 aromatic carbocycles. The summed E-state index contributed by atoms with van der Waals surface area (Å²) >= 11 is 3.55. The van der Waals surface area contributed by atoms with Gasteiger partial charge in [0.2, 0.25) is 5.91 Å². The van der Waals surface area contributed by atoms with E-state index in [-0.39, 0.29) is 17.9 Å². The average molecular weight is 494 g/mol. The van der Waals surface area contributed by atoms with Gasteiger partial charge in [-0.25, -0.2) is 0 Å².